The standard InChI is InChI=1S/2C13H9F2.2C2H4OS.Sn/c2*14-12-5-1-10(2-6-12)9-11-3-7-13(15)8-4-11;2*1-2(3)4;/h2*1-9H;2*1H3,(H,3,4);/q;;;;+2/p-2. The zero-order chi connectivity index (χ0) is 28.2. The Morgan fingerprint density at radius 2 is 0.692 bits per heavy atom. The van der Waals surface area contributed by atoms with E-state index in [-0.39, 0.29) is 10.2 Å². The van der Waals surface area contributed by atoms with Crippen molar-refractivity contribution < 1.29 is 27.2 Å². The van der Waals surface area contributed by atoms with Crippen molar-refractivity contribution in [3.05, 3.63) is 143 Å². The maximum atomic E-state index is 14.1. The summed E-state index contributed by atoms with van der Waals surface area (Å²) >= 11 is -4.69. The van der Waals surface area contributed by atoms with Gasteiger partial charge in [-0.25, -0.2) is 0 Å². The molecule has 0 aliphatic rings. The third-order valence-corrected chi connectivity index (χ3v) is 35.9. The Kier molecular flexibility index (Phi) is 9.61. The maximum absolute atomic E-state index is 14.1. The van der Waals surface area contributed by atoms with E-state index in [1.807, 2.05) is 0 Å². The molecule has 0 radical (unpaired) electrons. The van der Waals surface area contributed by atoms with Gasteiger partial charge in [-0.3, -0.25) is 0 Å². The van der Waals surface area contributed by atoms with Crippen molar-refractivity contribution in [1.82, 2.24) is 0 Å². The van der Waals surface area contributed by atoms with E-state index in [9.17, 15) is 27.2 Å². The molecular formula is C30H24F4O2S2Sn. The number of hydrogen-bond donors (Lipinski definition) is 0. The normalized spacial score (nSPS) is 11.7. The van der Waals surface area contributed by atoms with E-state index in [0.29, 0.717) is 22.3 Å². The van der Waals surface area contributed by atoms with E-state index in [1.165, 1.54) is 62.4 Å². The molecule has 0 atom stereocenters. The molecular weight excluding hydrogens is 651 g/mol. The minimum atomic E-state index is -4.69. The first-order valence-corrected chi connectivity index (χ1v) is 23.9. The Labute approximate surface area is 234 Å². The first kappa shape index (κ1) is 29.4. The minimum absolute atomic E-state index is 0.219. The second-order valence-corrected chi connectivity index (χ2v) is 32.2. The van der Waals surface area contributed by atoms with Gasteiger partial charge in [0.05, 0.1) is 0 Å². The van der Waals surface area contributed by atoms with Gasteiger partial charge in [0.1, 0.15) is 0 Å². The zero-order valence-corrected chi connectivity index (χ0v) is 25.5. The predicted molar refractivity (Wildman–Crippen MR) is 152 cm³/mol. The molecule has 0 unspecified atom stereocenters. The topological polar surface area (TPSA) is 34.1 Å². The van der Waals surface area contributed by atoms with Crippen molar-refractivity contribution in [1.29, 1.82) is 0 Å². The molecule has 2 nitrogen and oxygen atoms in total. The van der Waals surface area contributed by atoms with E-state index < -0.39 is 46.7 Å². The van der Waals surface area contributed by atoms with Crippen molar-refractivity contribution in [3.63, 3.8) is 0 Å². The summed E-state index contributed by atoms with van der Waals surface area (Å²) in [5.74, 6) is -1.82. The average molecular weight is 675 g/mol. The monoisotopic (exact) mass is 676 g/mol. The molecule has 0 saturated carbocycles. The van der Waals surface area contributed by atoms with Crippen molar-refractivity contribution in [3.8, 4) is 0 Å². The molecule has 0 bridgehead atoms. The van der Waals surface area contributed by atoms with Crippen LogP contribution in [0.1, 0.15) is 44.0 Å². The van der Waals surface area contributed by atoms with E-state index in [2.05, 4.69) is 0 Å². The Balaban J connectivity index is 2.13. The quantitative estimate of drug-likeness (QED) is 0.139. The Hall–Kier alpha value is -2.56. The van der Waals surface area contributed by atoms with Gasteiger partial charge in [-0.05, 0) is 0 Å². The van der Waals surface area contributed by atoms with Crippen LogP contribution in [0.2, 0.25) is 0 Å². The van der Waals surface area contributed by atoms with E-state index >= 15 is 0 Å². The molecule has 0 spiro atoms. The van der Waals surface area contributed by atoms with Gasteiger partial charge in [0.2, 0.25) is 0 Å². The summed E-state index contributed by atoms with van der Waals surface area (Å²) in [5, 5.41) is -0.439. The molecule has 4 aromatic rings. The van der Waals surface area contributed by atoms with E-state index in [4.69, 9.17) is 0 Å². The van der Waals surface area contributed by atoms with Crippen molar-refractivity contribution in [2.75, 3.05) is 0 Å². The number of hydrogen-bond acceptors (Lipinski definition) is 4. The molecule has 0 heterocycles. The van der Waals surface area contributed by atoms with Crippen LogP contribution >= 0.6 is 17.9 Å². The van der Waals surface area contributed by atoms with Crippen LogP contribution in [0.4, 0.5) is 17.6 Å². The molecule has 0 saturated heterocycles. The third-order valence-electron chi connectivity index (χ3n) is 6.22. The average Bonchev–Trinajstić information content (AvgIpc) is 2.88. The number of rotatable bonds is 8. The van der Waals surface area contributed by atoms with Gasteiger partial charge in [0.15, 0.2) is 0 Å². The van der Waals surface area contributed by atoms with Crippen LogP contribution in [0.25, 0.3) is 0 Å². The van der Waals surface area contributed by atoms with Crippen LogP contribution in [0, 0.1) is 23.3 Å². The number of carbonyl (C=O) groups excluding carboxylic acids is 2. The number of benzene rings is 4. The van der Waals surface area contributed by atoms with Gasteiger partial charge >= 0.3 is 235 Å². The molecule has 39 heavy (non-hydrogen) atoms. The number of halogens is 4. The molecule has 4 aromatic carbocycles. The molecule has 0 N–H and O–H groups in total. The Bertz CT molecular complexity index is 1240. The fourth-order valence-corrected chi connectivity index (χ4v) is 39.6. The summed E-state index contributed by atoms with van der Waals surface area (Å²) in [6, 6.07) is 23.4. The molecule has 0 amide bonds. The summed E-state index contributed by atoms with van der Waals surface area (Å²) in [5.41, 5.74) is 2.65. The van der Waals surface area contributed by atoms with Crippen LogP contribution in [0.15, 0.2) is 97.1 Å². The third kappa shape index (κ3) is 6.96. The predicted octanol–water partition coefficient (Wildman–Crippen LogP) is 8.29. The Morgan fingerprint density at radius 3 is 0.872 bits per heavy atom. The van der Waals surface area contributed by atoms with E-state index in [1.54, 1.807) is 48.5 Å². The zero-order valence-electron chi connectivity index (χ0n) is 21.0. The molecule has 0 aliphatic heterocycles. The van der Waals surface area contributed by atoms with Crippen LogP contribution in [-0.2, 0) is 9.59 Å². The number of carbonyl (C=O) groups is 2. The van der Waals surface area contributed by atoms with Crippen molar-refractivity contribution in [2.24, 2.45) is 0 Å². The fraction of sp³-hybridized carbons (Fsp3) is 0.133. The van der Waals surface area contributed by atoms with Crippen LogP contribution in [0.3, 0.4) is 0 Å². The van der Waals surface area contributed by atoms with Gasteiger partial charge in [-0.15, -0.1) is 0 Å². The molecule has 0 fully saturated rings. The van der Waals surface area contributed by atoms with Gasteiger partial charge < -0.3 is 0 Å². The first-order chi connectivity index (χ1) is 18.6. The molecule has 0 aliphatic carbocycles. The summed E-state index contributed by atoms with van der Waals surface area (Å²) in [6.45, 7) is 2.85. The second kappa shape index (κ2) is 12.7. The van der Waals surface area contributed by atoms with Gasteiger partial charge in [-0.2, -0.15) is 0 Å². The van der Waals surface area contributed by atoms with Crippen molar-refractivity contribution >= 4 is 43.7 Å². The molecule has 200 valence electrons. The SMILES string of the molecule is CC(=O)[S][Sn]([S]C(C)=O)([CH](c1ccc(F)cc1)c1ccc(F)cc1)[CH](c1ccc(F)cc1)c1ccc(F)cc1. The summed E-state index contributed by atoms with van der Waals surface area (Å²) in [7, 11) is 2.25. The summed E-state index contributed by atoms with van der Waals surface area (Å²) in [6.07, 6.45) is 0. The summed E-state index contributed by atoms with van der Waals surface area (Å²) in [4.78, 5) is 26.1. The first-order valence-electron chi connectivity index (χ1n) is 12.0. The van der Waals surface area contributed by atoms with Gasteiger partial charge in [0, 0.05) is 0 Å². The van der Waals surface area contributed by atoms with Gasteiger partial charge in [-0.1, -0.05) is 0 Å². The Morgan fingerprint density at radius 1 is 0.487 bits per heavy atom. The van der Waals surface area contributed by atoms with Crippen molar-refractivity contribution in [2.45, 2.75) is 21.7 Å². The molecule has 0 aromatic heterocycles. The summed E-state index contributed by atoms with van der Waals surface area (Å²) < 4.78 is 55.1. The van der Waals surface area contributed by atoms with E-state index in [0.717, 1.165) is 17.9 Å². The van der Waals surface area contributed by atoms with Crippen LogP contribution in [-0.4, -0.2) is 25.8 Å². The molecule has 9 heteroatoms. The van der Waals surface area contributed by atoms with Crippen LogP contribution in [0.5, 0.6) is 0 Å². The van der Waals surface area contributed by atoms with Gasteiger partial charge in [0.25, 0.3) is 0 Å². The fourth-order valence-electron chi connectivity index (χ4n) is 4.81. The molecule has 4 rings (SSSR count). The second-order valence-electron chi connectivity index (χ2n) is 8.98. The van der Waals surface area contributed by atoms with Crippen LogP contribution < -0.4 is 0 Å².